The number of ether oxygens (including phenoxy) is 1. The van der Waals surface area contributed by atoms with Gasteiger partial charge in [-0.05, 0) is 49.2 Å². The van der Waals surface area contributed by atoms with Gasteiger partial charge in [-0.3, -0.25) is 4.79 Å². The van der Waals surface area contributed by atoms with Gasteiger partial charge >= 0.3 is 0 Å². The molecular formula is C18H21BrN2O5S. The lowest BCUT2D eigenvalue weighted by Crippen LogP contribution is -2.49. The second kappa shape index (κ2) is 8.45. The average molecular weight is 457 g/mol. The number of carbonyl (C=O) groups excluding carboxylic acids is 1. The highest BCUT2D eigenvalue weighted by molar-refractivity contribution is 9.10. The Bertz CT molecular complexity index is 895. The van der Waals surface area contributed by atoms with Gasteiger partial charge in [-0.25, -0.2) is 12.7 Å². The van der Waals surface area contributed by atoms with Crippen LogP contribution in [0.15, 0.2) is 45.3 Å². The van der Waals surface area contributed by atoms with Gasteiger partial charge in [0.1, 0.15) is 18.1 Å². The Labute approximate surface area is 166 Å². The van der Waals surface area contributed by atoms with Crippen molar-refractivity contribution in [1.29, 1.82) is 0 Å². The smallest absolute Gasteiger partial charge is 0.287 e. The molecular weight excluding hydrogens is 436 g/mol. The van der Waals surface area contributed by atoms with Gasteiger partial charge in [0.2, 0.25) is 10.0 Å². The third kappa shape index (κ3) is 5.57. The van der Waals surface area contributed by atoms with E-state index >= 15 is 0 Å². The summed E-state index contributed by atoms with van der Waals surface area (Å²) in [5.41, 5.74) is 0. The predicted octanol–water partition coefficient (Wildman–Crippen LogP) is 2.77. The first-order valence-corrected chi connectivity index (χ1v) is 11.2. The highest BCUT2D eigenvalue weighted by Crippen LogP contribution is 2.19. The van der Waals surface area contributed by atoms with Crippen molar-refractivity contribution < 1.29 is 22.4 Å². The molecule has 0 saturated carbocycles. The topological polar surface area (TPSA) is 88.9 Å². The molecule has 1 aliphatic rings. The molecule has 0 spiro atoms. The summed E-state index contributed by atoms with van der Waals surface area (Å²) in [6.45, 7) is 0.981. The number of nitrogens with zero attached hydrogens (tertiary/aromatic N) is 1. The second-order valence-corrected chi connectivity index (χ2v) is 9.34. The third-order valence-electron chi connectivity index (χ3n) is 4.27. The van der Waals surface area contributed by atoms with E-state index in [1.807, 2.05) is 24.3 Å². The minimum absolute atomic E-state index is 0.181. The fourth-order valence-electron chi connectivity index (χ4n) is 2.88. The maximum absolute atomic E-state index is 12.4. The van der Waals surface area contributed by atoms with E-state index in [-0.39, 0.29) is 30.9 Å². The molecule has 0 bridgehead atoms. The first kappa shape index (κ1) is 19.9. The molecule has 1 amide bonds. The van der Waals surface area contributed by atoms with Crippen molar-refractivity contribution in [2.75, 3.05) is 19.3 Å². The van der Waals surface area contributed by atoms with Crippen molar-refractivity contribution in [3.8, 4) is 5.75 Å². The maximum Gasteiger partial charge on any atom is 0.287 e. The number of hydrogen-bond acceptors (Lipinski definition) is 5. The van der Waals surface area contributed by atoms with Crippen LogP contribution in [0.1, 0.15) is 29.2 Å². The fraction of sp³-hybridized carbons (Fsp3) is 0.389. The number of sulfonamides is 1. The summed E-state index contributed by atoms with van der Waals surface area (Å²) in [7, 11) is -3.25. The molecule has 0 aliphatic carbocycles. The van der Waals surface area contributed by atoms with Crippen molar-refractivity contribution in [2.45, 2.75) is 25.5 Å². The van der Waals surface area contributed by atoms with Gasteiger partial charge in [-0.15, -0.1) is 0 Å². The maximum atomic E-state index is 12.4. The van der Waals surface area contributed by atoms with Crippen molar-refractivity contribution in [3.05, 3.63) is 52.4 Å². The summed E-state index contributed by atoms with van der Waals surface area (Å²) >= 11 is 3.36. The standard InChI is InChI=1S/C18H21BrN2O5S/c1-27(23,24)21-10-2-3-14(11-21)20-18(22)17-9-8-16(26-17)12-25-15-6-4-13(19)5-7-15/h4-9,14H,2-3,10-12H2,1H3,(H,20,22). The van der Waals surface area contributed by atoms with Crippen molar-refractivity contribution in [3.63, 3.8) is 0 Å². The summed E-state index contributed by atoms with van der Waals surface area (Å²) in [4.78, 5) is 12.4. The molecule has 1 N–H and O–H groups in total. The Morgan fingerprint density at radius 1 is 1.30 bits per heavy atom. The van der Waals surface area contributed by atoms with Crippen LogP contribution in [0.25, 0.3) is 0 Å². The molecule has 0 radical (unpaired) electrons. The normalized spacial score (nSPS) is 18.2. The van der Waals surface area contributed by atoms with Crippen molar-refractivity contribution in [1.82, 2.24) is 9.62 Å². The molecule has 2 heterocycles. The van der Waals surface area contributed by atoms with E-state index in [4.69, 9.17) is 9.15 Å². The van der Waals surface area contributed by atoms with Gasteiger partial charge in [0, 0.05) is 23.6 Å². The number of furan rings is 1. The lowest BCUT2D eigenvalue weighted by Gasteiger charge is -2.31. The second-order valence-electron chi connectivity index (χ2n) is 6.44. The van der Waals surface area contributed by atoms with Crippen LogP contribution < -0.4 is 10.1 Å². The van der Waals surface area contributed by atoms with Crippen LogP contribution in [-0.2, 0) is 16.6 Å². The zero-order valence-corrected chi connectivity index (χ0v) is 17.3. The summed E-state index contributed by atoms with van der Waals surface area (Å²) in [6.07, 6.45) is 2.63. The van der Waals surface area contributed by atoms with Gasteiger partial charge in [-0.2, -0.15) is 0 Å². The molecule has 1 fully saturated rings. The van der Waals surface area contributed by atoms with E-state index in [9.17, 15) is 13.2 Å². The summed E-state index contributed by atoms with van der Waals surface area (Å²) in [5, 5.41) is 2.85. The first-order chi connectivity index (χ1) is 12.8. The van der Waals surface area contributed by atoms with Gasteiger partial charge < -0.3 is 14.5 Å². The summed E-state index contributed by atoms with van der Waals surface area (Å²) in [5.74, 6) is 1.05. The molecule has 1 saturated heterocycles. The number of carbonyl (C=O) groups is 1. The van der Waals surface area contributed by atoms with Gasteiger partial charge in [0.25, 0.3) is 5.91 Å². The first-order valence-electron chi connectivity index (χ1n) is 8.54. The Morgan fingerprint density at radius 3 is 2.74 bits per heavy atom. The molecule has 1 aromatic heterocycles. The van der Waals surface area contributed by atoms with E-state index in [0.717, 1.165) is 10.9 Å². The number of rotatable bonds is 6. The number of piperidine rings is 1. The third-order valence-corrected chi connectivity index (χ3v) is 6.07. The molecule has 2 aromatic rings. The zero-order chi connectivity index (χ0) is 19.4. The molecule has 1 atom stereocenters. The average Bonchev–Trinajstić information content (AvgIpc) is 3.10. The summed E-state index contributed by atoms with van der Waals surface area (Å²) < 4.78 is 36.9. The molecule has 7 nitrogen and oxygen atoms in total. The highest BCUT2D eigenvalue weighted by Gasteiger charge is 2.27. The Balaban J connectivity index is 1.54. The van der Waals surface area contributed by atoms with Crippen LogP contribution in [0.4, 0.5) is 0 Å². The molecule has 9 heteroatoms. The minimum atomic E-state index is -3.25. The monoisotopic (exact) mass is 456 g/mol. The summed E-state index contributed by atoms with van der Waals surface area (Å²) in [6, 6.07) is 10.5. The molecule has 1 aliphatic heterocycles. The van der Waals surface area contributed by atoms with E-state index in [1.54, 1.807) is 12.1 Å². The number of amides is 1. The van der Waals surface area contributed by atoms with E-state index < -0.39 is 10.0 Å². The largest absolute Gasteiger partial charge is 0.486 e. The highest BCUT2D eigenvalue weighted by atomic mass is 79.9. The van der Waals surface area contributed by atoms with Crippen LogP contribution in [-0.4, -0.2) is 44.0 Å². The molecule has 3 rings (SSSR count). The Kier molecular flexibility index (Phi) is 6.23. The Hall–Kier alpha value is -1.84. The number of benzene rings is 1. The zero-order valence-electron chi connectivity index (χ0n) is 14.9. The van der Waals surface area contributed by atoms with Crippen LogP contribution in [0.5, 0.6) is 5.75 Å². The van der Waals surface area contributed by atoms with Crippen LogP contribution in [0.3, 0.4) is 0 Å². The quantitative estimate of drug-likeness (QED) is 0.721. The Morgan fingerprint density at radius 2 is 2.04 bits per heavy atom. The van der Waals surface area contributed by atoms with Crippen LogP contribution in [0, 0.1) is 0 Å². The van der Waals surface area contributed by atoms with E-state index in [2.05, 4.69) is 21.2 Å². The van der Waals surface area contributed by atoms with Gasteiger partial charge in [0.15, 0.2) is 5.76 Å². The molecule has 1 aromatic carbocycles. The minimum Gasteiger partial charge on any atom is -0.486 e. The van der Waals surface area contributed by atoms with Crippen molar-refractivity contribution in [2.24, 2.45) is 0 Å². The van der Waals surface area contributed by atoms with Gasteiger partial charge in [0.05, 0.1) is 6.26 Å². The number of hydrogen-bond donors (Lipinski definition) is 1. The lowest BCUT2D eigenvalue weighted by atomic mass is 10.1. The van der Waals surface area contributed by atoms with Crippen LogP contribution >= 0.6 is 15.9 Å². The molecule has 146 valence electrons. The molecule has 27 heavy (non-hydrogen) atoms. The van der Waals surface area contributed by atoms with E-state index in [0.29, 0.717) is 24.5 Å². The SMILES string of the molecule is CS(=O)(=O)N1CCCC(NC(=O)c2ccc(COc3ccc(Br)cc3)o2)C1. The number of nitrogens with one attached hydrogen (secondary N) is 1. The van der Waals surface area contributed by atoms with Crippen molar-refractivity contribution >= 4 is 31.9 Å². The van der Waals surface area contributed by atoms with Crippen LogP contribution in [0.2, 0.25) is 0 Å². The lowest BCUT2D eigenvalue weighted by molar-refractivity contribution is 0.0889. The predicted molar refractivity (Wildman–Crippen MR) is 104 cm³/mol. The fourth-order valence-corrected chi connectivity index (χ4v) is 4.06. The van der Waals surface area contributed by atoms with E-state index in [1.165, 1.54) is 10.6 Å². The van der Waals surface area contributed by atoms with Gasteiger partial charge in [-0.1, -0.05) is 15.9 Å². The number of halogens is 1. The molecule has 1 unspecified atom stereocenters.